The fourth-order valence-corrected chi connectivity index (χ4v) is 4.92. The Labute approximate surface area is 167 Å². The molecule has 2 bridgehead atoms. The highest BCUT2D eigenvalue weighted by Crippen LogP contribution is 2.48. The van der Waals surface area contributed by atoms with Crippen LogP contribution in [0.4, 0.5) is 10.1 Å². The molecule has 0 amide bonds. The molecule has 3 fully saturated rings. The number of ketones is 1. The van der Waals surface area contributed by atoms with Gasteiger partial charge in [-0.2, -0.15) is 0 Å². The third-order valence-electron chi connectivity index (χ3n) is 6.40. The number of para-hydroxylation sites is 1. The molecule has 4 heterocycles. The standard InChI is InChI=1S/C22H21FN2O4/c23-17-6-2-1-5-16(17)22(20(26)15-12-25-10-8-13(15)9-11-25)24-18-7-3-4-14(21(27)28)19(18)29-22/h1-7,13,15,24H,8-12H2,(H,27,28)/t15-,22?/m0/s1. The first-order chi connectivity index (χ1) is 14.0. The molecule has 0 aliphatic carbocycles. The highest BCUT2D eigenvalue weighted by Gasteiger charge is 2.55. The molecule has 29 heavy (non-hydrogen) atoms. The van der Waals surface area contributed by atoms with Crippen molar-refractivity contribution in [2.24, 2.45) is 11.8 Å². The molecule has 0 saturated carbocycles. The van der Waals surface area contributed by atoms with Gasteiger partial charge in [0.25, 0.3) is 5.72 Å². The van der Waals surface area contributed by atoms with Crippen molar-refractivity contribution in [3.05, 3.63) is 59.4 Å². The molecule has 1 unspecified atom stereocenters. The molecule has 2 N–H and O–H groups in total. The summed E-state index contributed by atoms with van der Waals surface area (Å²) >= 11 is 0. The van der Waals surface area contributed by atoms with Crippen LogP contribution in [0.1, 0.15) is 28.8 Å². The Morgan fingerprint density at radius 2 is 1.90 bits per heavy atom. The first-order valence-electron chi connectivity index (χ1n) is 9.85. The molecule has 4 aliphatic rings. The van der Waals surface area contributed by atoms with E-state index >= 15 is 0 Å². The second-order valence-electron chi connectivity index (χ2n) is 7.98. The van der Waals surface area contributed by atoms with Crippen LogP contribution >= 0.6 is 0 Å². The van der Waals surface area contributed by atoms with Gasteiger partial charge in [0.1, 0.15) is 11.4 Å². The van der Waals surface area contributed by atoms with Gasteiger partial charge in [-0.1, -0.05) is 18.2 Å². The summed E-state index contributed by atoms with van der Waals surface area (Å²) < 4.78 is 21.0. The number of ether oxygens (including phenoxy) is 1. The summed E-state index contributed by atoms with van der Waals surface area (Å²) in [7, 11) is 0. The van der Waals surface area contributed by atoms with Crippen LogP contribution in [0.25, 0.3) is 0 Å². The van der Waals surface area contributed by atoms with Crippen molar-refractivity contribution in [2.45, 2.75) is 18.6 Å². The molecule has 6 rings (SSSR count). The zero-order valence-electron chi connectivity index (χ0n) is 15.7. The fourth-order valence-electron chi connectivity index (χ4n) is 4.92. The van der Waals surface area contributed by atoms with Gasteiger partial charge in [-0.25, -0.2) is 9.18 Å². The zero-order chi connectivity index (χ0) is 20.2. The lowest BCUT2D eigenvalue weighted by Gasteiger charge is -2.46. The molecule has 7 heteroatoms. The predicted octanol–water partition coefficient (Wildman–Crippen LogP) is 3.09. The molecular formula is C22H21FN2O4. The number of benzene rings is 2. The van der Waals surface area contributed by atoms with Crippen LogP contribution in [0.5, 0.6) is 5.75 Å². The van der Waals surface area contributed by atoms with Gasteiger partial charge in [-0.15, -0.1) is 0 Å². The normalized spacial score (nSPS) is 29.6. The second kappa shape index (κ2) is 6.56. The minimum absolute atomic E-state index is 0.0603. The SMILES string of the molecule is O=C(O)c1cccc2c1OC(C(=O)[C@H]1CN3CCC1CC3)(c1ccccc1F)N2. The van der Waals surface area contributed by atoms with Gasteiger partial charge in [0, 0.05) is 12.5 Å². The van der Waals surface area contributed by atoms with Crippen LogP contribution in [0.2, 0.25) is 0 Å². The Kier molecular flexibility index (Phi) is 4.10. The van der Waals surface area contributed by atoms with Crippen molar-refractivity contribution in [1.82, 2.24) is 4.90 Å². The summed E-state index contributed by atoms with van der Waals surface area (Å²) in [6, 6.07) is 10.6. The number of anilines is 1. The quantitative estimate of drug-likeness (QED) is 0.827. The van der Waals surface area contributed by atoms with Crippen molar-refractivity contribution >= 4 is 17.4 Å². The van der Waals surface area contributed by atoms with E-state index in [1.807, 2.05) is 0 Å². The number of piperidine rings is 3. The third-order valence-corrected chi connectivity index (χ3v) is 6.40. The number of fused-ring (bicyclic) bond motifs is 4. The predicted molar refractivity (Wildman–Crippen MR) is 103 cm³/mol. The van der Waals surface area contributed by atoms with Gasteiger partial charge in [-0.3, -0.25) is 4.79 Å². The van der Waals surface area contributed by atoms with Crippen LogP contribution in [0.15, 0.2) is 42.5 Å². The highest BCUT2D eigenvalue weighted by molar-refractivity contribution is 5.99. The summed E-state index contributed by atoms with van der Waals surface area (Å²) in [5.74, 6) is -1.98. The van der Waals surface area contributed by atoms with Gasteiger partial charge in [0.2, 0.25) is 5.78 Å². The minimum Gasteiger partial charge on any atom is -0.478 e. The Balaban J connectivity index is 1.63. The number of rotatable bonds is 4. The Hall–Kier alpha value is -2.93. The first kappa shape index (κ1) is 18.1. The molecule has 150 valence electrons. The molecule has 2 atom stereocenters. The van der Waals surface area contributed by atoms with Crippen LogP contribution in [0.3, 0.4) is 0 Å². The van der Waals surface area contributed by atoms with Crippen LogP contribution < -0.4 is 10.1 Å². The van der Waals surface area contributed by atoms with E-state index in [9.17, 15) is 19.1 Å². The number of Topliss-reactive ketones (excluding diaryl/α,β-unsaturated/α-hetero) is 1. The maximum Gasteiger partial charge on any atom is 0.339 e. The summed E-state index contributed by atoms with van der Waals surface area (Å²) in [6.45, 7) is 2.56. The molecule has 3 saturated heterocycles. The summed E-state index contributed by atoms with van der Waals surface area (Å²) in [6.07, 6.45) is 1.86. The van der Waals surface area contributed by atoms with E-state index in [0.29, 0.717) is 12.2 Å². The number of nitrogens with zero attached hydrogens (tertiary/aromatic N) is 1. The van der Waals surface area contributed by atoms with Gasteiger partial charge in [0.15, 0.2) is 5.75 Å². The smallest absolute Gasteiger partial charge is 0.339 e. The molecule has 4 aliphatic heterocycles. The molecule has 6 nitrogen and oxygen atoms in total. The lowest BCUT2D eigenvalue weighted by atomic mass is 9.73. The molecular weight excluding hydrogens is 375 g/mol. The fraction of sp³-hybridized carbons (Fsp3) is 0.364. The Bertz CT molecular complexity index is 1000. The summed E-state index contributed by atoms with van der Waals surface area (Å²) in [5.41, 5.74) is -1.38. The number of carboxylic acids is 1. The number of carbonyl (C=O) groups is 2. The first-order valence-corrected chi connectivity index (χ1v) is 9.85. The monoisotopic (exact) mass is 396 g/mol. The number of carboxylic acid groups (broad SMARTS) is 1. The largest absolute Gasteiger partial charge is 0.478 e. The number of halogens is 1. The molecule has 2 aromatic rings. The van der Waals surface area contributed by atoms with E-state index in [2.05, 4.69) is 10.2 Å². The van der Waals surface area contributed by atoms with Crippen molar-refractivity contribution in [3.63, 3.8) is 0 Å². The molecule has 0 radical (unpaired) electrons. The summed E-state index contributed by atoms with van der Waals surface area (Å²) in [5, 5.41) is 12.6. The second-order valence-corrected chi connectivity index (χ2v) is 7.98. The Morgan fingerprint density at radius 1 is 1.14 bits per heavy atom. The maximum atomic E-state index is 14.9. The van der Waals surface area contributed by atoms with Gasteiger partial charge in [-0.05, 0) is 56.1 Å². The molecule has 0 spiro atoms. The maximum absolute atomic E-state index is 14.9. The average Bonchev–Trinajstić information content (AvgIpc) is 3.14. The third kappa shape index (κ3) is 2.72. The van der Waals surface area contributed by atoms with E-state index in [-0.39, 0.29) is 34.5 Å². The van der Waals surface area contributed by atoms with Crippen molar-refractivity contribution in [1.29, 1.82) is 0 Å². The number of hydrogen-bond donors (Lipinski definition) is 2. The zero-order valence-corrected chi connectivity index (χ0v) is 15.7. The number of nitrogens with one attached hydrogen (secondary N) is 1. The minimum atomic E-state index is -1.78. The van der Waals surface area contributed by atoms with E-state index < -0.39 is 17.5 Å². The van der Waals surface area contributed by atoms with Gasteiger partial charge in [0.05, 0.1) is 11.3 Å². The van der Waals surface area contributed by atoms with Gasteiger partial charge < -0.3 is 20.1 Å². The number of hydrogen-bond acceptors (Lipinski definition) is 5. The number of aromatic carboxylic acids is 1. The Morgan fingerprint density at radius 3 is 2.55 bits per heavy atom. The van der Waals surface area contributed by atoms with Crippen molar-refractivity contribution in [3.8, 4) is 5.75 Å². The summed E-state index contributed by atoms with van der Waals surface area (Å²) in [4.78, 5) is 27.8. The number of carbonyl (C=O) groups excluding carboxylic acids is 1. The van der Waals surface area contributed by atoms with Crippen LogP contribution in [-0.2, 0) is 10.5 Å². The lowest BCUT2D eigenvalue weighted by molar-refractivity contribution is -0.143. The van der Waals surface area contributed by atoms with Crippen molar-refractivity contribution in [2.75, 3.05) is 25.0 Å². The van der Waals surface area contributed by atoms with Crippen molar-refractivity contribution < 1.29 is 23.8 Å². The highest BCUT2D eigenvalue weighted by atomic mass is 19.1. The van der Waals surface area contributed by atoms with Crippen LogP contribution in [-0.4, -0.2) is 41.4 Å². The van der Waals surface area contributed by atoms with Crippen LogP contribution in [0, 0.1) is 17.7 Å². The van der Waals surface area contributed by atoms with Gasteiger partial charge >= 0.3 is 5.97 Å². The molecule has 0 aromatic heterocycles. The molecule has 2 aromatic carbocycles. The van der Waals surface area contributed by atoms with E-state index in [1.165, 1.54) is 18.2 Å². The van der Waals surface area contributed by atoms with E-state index in [0.717, 1.165) is 25.9 Å². The average molecular weight is 396 g/mol. The lowest BCUT2D eigenvalue weighted by Crippen LogP contribution is -2.57. The van der Waals surface area contributed by atoms with E-state index in [4.69, 9.17) is 4.74 Å². The topological polar surface area (TPSA) is 78.9 Å². The van der Waals surface area contributed by atoms with E-state index in [1.54, 1.807) is 24.3 Å².